The van der Waals surface area contributed by atoms with Gasteiger partial charge in [0.1, 0.15) is 12.4 Å². The minimum absolute atomic E-state index is 0.0728. The molecule has 31 heavy (non-hydrogen) atoms. The molecule has 0 aliphatic carbocycles. The molecule has 0 radical (unpaired) electrons. The standard InChI is InChI=1S/C25H26N2O4/c1-30-16-17-31-23-13-11-20(12-14-23)25(29)27-22-9-5-8-21(18-22)26-24(28)15-10-19-6-3-2-4-7-19/h2-9,11-14,18H,10,15-17H2,1H3,(H,26,28)(H,27,29). The molecule has 0 heterocycles. The molecule has 160 valence electrons. The average molecular weight is 418 g/mol. The van der Waals surface area contributed by atoms with Crippen LogP contribution in [0.3, 0.4) is 0 Å². The van der Waals surface area contributed by atoms with Gasteiger partial charge in [-0.05, 0) is 54.4 Å². The summed E-state index contributed by atoms with van der Waals surface area (Å²) < 4.78 is 10.4. The third-order valence-electron chi connectivity index (χ3n) is 4.56. The molecule has 3 aromatic carbocycles. The van der Waals surface area contributed by atoms with Crippen molar-refractivity contribution >= 4 is 23.2 Å². The topological polar surface area (TPSA) is 76.7 Å². The molecule has 0 saturated carbocycles. The lowest BCUT2D eigenvalue weighted by atomic mass is 10.1. The quantitative estimate of drug-likeness (QED) is 0.474. The van der Waals surface area contributed by atoms with Crippen LogP contribution in [-0.2, 0) is 16.0 Å². The van der Waals surface area contributed by atoms with Gasteiger partial charge in [0.05, 0.1) is 6.61 Å². The van der Waals surface area contributed by atoms with Crippen LogP contribution in [0.5, 0.6) is 5.75 Å². The first-order chi connectivity index (χ1) is 15.1. The van der Waals surface area contributed by atoms with Crippen LogP contribution in [-0.4, -0.2) is 32.1 Å². The van der Waals surface area contributed by atoms with Crippen molar-refractivity contribution in [2.45, 2.75) is 12.8 Å². The van der Waals surface area contributed by atoms with Gasteiger partial charge >= 0.3 is 0 Å². The Hall–Kier alpha value is -3.64. The van der Waals surface area contributed by atoms with E-state index in [1.54, 1.807) is 55.6 Å². The van der Waals surface area contributed by atoms with Gasteiger partial charge in [0.2, 0.25) is 5.91 Å². The Kier molecular flexibility index (Phi) is 8.20. The Morgan fingerprint density at radius 2 is 1.52 bits per heavy atom. The molecular weight excluding hydrogens is 392 g/mol. The van der Waals surface area contributed by atoms with Crippen molar-refractivity contribution in [2.75, 3.05) is 31.0 Å². The van der Waals surface area contributed by atoms with Crippen molar-refractivity contribution in [3.63, 3.8) is 0 Å². The molecule has 3 rings (SSSR count). The lowest BCUT2D eigenvalue weighted by Crippen LogP contribution is -2.14. The lowest BCUT2D eigenvalue weighted by molar-refractivity contribution is -0.116. The first kappa shape index (κ1) is 22.1. The summed E-state index contributed by atoms with van der Waals surface area (Å²) >= 11 is 0. The number of ether oxygens (including phenoxy) is 2. The Balaban J connectivity index is 1.52. The maximum atomic E-state index is 12.5. The van der Waals surface area contributed by atoms with Crippen molar-refractivity contribution < 1.29 is 19.1 Å². The van der Waals surface area contributed by atoms with Gasteiger partial charge in [0, 0.05) is 30.5 Å². The molecular formula is C25H26N2O4. The zero-order chi connectivity index (χ0) is 21.9. The van der Waals surface area contributed by atoms with E-state index >= 15 is 0 Å². The van der Waals surface area contributed by atoms with Gasteiger partial charge in [-0.2, -0.15) is 0 Å². The van der Waals surface area contributed by atoms with E-state index in [4.69, 9.17) is 9.47 Å². The molecule has 3 aromatic rings. The van der Waals surface area contributed by atoms with Gasteiger partial charge < -0.3 is 20.1 Å². The van der Waals surface area contributed by atoms with Gasteiger partial charge in [-0.1, -0.05) is 36.4 Å². The molecule has 0 aliphatic heterocycles. The molecule has 0 aromatic heterocycles. The number of carbonyl (C=O) groups is 2. The molecule has 6 heteroatoms. The minimum atomic E-state index is -0.240. The van der Waals surface area contributed by atoms with E-state index in [0.29, 0.717) is 48.7 Å². The summed E-state index contributed by atoms with van der Waals surface area (Å²) in [5.41, 5.74) is 2.87. The number of rotatable bonds is 10. The maximum absolute atomic E-state index is 12.5. The van der Waals surface area contributed by atoms with Crippen LogP contribution in [0, 0.1) is 0 Å². The van der Waals surface area contributed by atoms with Crippen LogP contribution in [0.2, 0.25) is 0 Å². The number of amides is 2. The zero-order valence-corrected chi connectivity index (χ0v) is 17.5. The van der Waals surface area contributed by atoms with Gasteiger partial charge in [-0.3, -0.25) is 9.59 Å². The Bertz CT molecular complexity index is 988. The van der Waals surface area contributed by atoms with Crippen molar-refractivity contribution in [2.24, 2.45) is 0 Å². The smallest absolute Gasteiger partial charge is 0.255 e. The number of methoxy groups -OCH3 is 1. The van der Waals surface area contributed by atoms with Crippen LogP contribution in [0.15, 0.2) is 78.9 Å². The second kappa shape index (κ2) is 11.5. The fourth-order valence-corrected chi connectivity index (χ4v) is 2.95. The van der Waals surface area contributed by atoms with E-state index in [0.717, 1.165) is 5.56 Å². The number of hydrogen-bond acceptors (Lipinski definition) is 4. The second-order valence-corrected chi connectivity index (χ2v) is 6.93. The summed E-state index contributed by atoms with van der Waals surface area (Å²) in [6, 6.07) is 23.9. The van der Waals surface area contributed by atoms with Gasteiger partial charge in [0.25, 0.3) is 5.91 Å². The van der Waals surface area contributed by atoms with Crippen molar-refractivity contribution in [1.29, 1.82) is 0 Å². The first-order valence-electron chi connectivity index (χ1n) is 10.1. The van der Waals surface area contributed by atoms with E-state index in [9.17, 15) is 9.59 Å². The van der Waals surface area contributed by atoms with Crippen LogP contribution >= 0.6 is 0 Å². The monoisotopic (exact) mass is 418 g/mol. The van der Waals surface area contributed by atoms with Gasteiger partial charge in [-0.25, -0.2) is 0 Å². The van der Waals surface area contributed by atoms with Gasteiger partial charge in [0.15, 0.2) is 0 Å². The molecule has 0 bridgehead atoms. The average Bonchev–Trinajstić information content (AvgIpc) is 2.79. The highest BCUT2D eigenvalue weighted by Gasteiger charge is 2.08. The molecule has 6 nitrogen and oxygen atoms in total. The Labute approximate surface area is 182 Å². The van der Waals surface area contributed by atoms with Crippen LogP contribution in [0.1, 0.15) is 22.3 Å². The zero-order valence-electron chi connectivity index (χ0n) is 17.5. The van der Waals surface area contributed by atoms with Crippen molar-refractivity contribution in [3.05, 3.63) is 90.0 Å². The second-order valence-electron chi connectivity index (χ2n) is 6.93. The molecule has 0 unspecified atom stereocenters. The number of nitrogens with one attached hydrogen (secondary N) is 2. The summed E-state index contributed by atoms with van der Waals surface area (Å²) in [7, 11) is 1.61. The fourth-order valence-electron chi connectivity index (χ4n) is 2.95. The third kappa shape index (κ3) is 7.28. The molecule has 0 aliphatic rings. The van der Waals surface area contributed by atoms with Crippen molar-refractivity contribution in [1.82, 2.24) is 0 Å². The third-order valence-corrected chi connectivity index (χ3v) is 4.56. The molecule has 0 atom stereocenters. The Morgan fingerprint density at radius 1 is 0.806 bits per heavy atom. The van der Waals surface area contributed by atoms with E-state index < -0.39 is 0 Å². The predicted octanol–water partition coefficient (Wildman–Crippen LogP) is 4.54. The van der Waals surface area contributed by atoms with Crippen molar-refractivity contribution in [3.8, 4) is 5.75 Å². The molecule has 0 fully saturated rings. The molecule has 0 saturated heterocycles. The number of hydrogen-bond donors (Lipinski definition) is 2. The van der Waals surface area contributed by atoms with E-state index in [1.807, 2.05) is 30.3 Å². The lowest BCUT2D eigenvalue weighted by Gasteiger charge is -2.10. The maximum Gasteiger partial charge on any atom is 0.255 e. The van der Waals surface area contributed by atoms with Crippen LogP contribution in [0.25, 0.3) is 0 Å². The normalized spacial score (nSPS) is 10.4. The predicted molar refractivity (Wildman–Crippen MR) is 122 cm³/mol. The summed E-state index contributed by atoms with van der Waals surface area (Å²) in [5, 5.41) is 5.73. The fraction of sp³-hybridized carbons (Fsp3) is 0.200. The summed E-state index contributed by atoms with van der Waals surface area (Å²) in [6.07, 6.45) is 1.06. The minimum Gasteiger partial charge on any atom is -0.491 e. The van der Waals surface area contributed by atoms with Crippen LogP contribution in [0.4, 0.5) is 11.4 Å². The van der Waals surface area contributed by atoms with E-state index in [-0.39, 0.29) is 11.8 Å². The molecule has 2 amide bonds. The largest absolute Gasteiger partial charge is 0.491 e. The number of aryl methyl sites for hydroxylation is 1. The Morgan fingerprint density at radius 3 is 2.23 bits per heavy atom. The van der Waals surface area contributed by atoms with Crippen LogP contribution < -0.4 is 15.4 Å². The number of carbonyl (C=O) groups excluding carboxylic acids is 2. The summed E-state index contributed by atoms with van der Waals surface area (Å²) in [4.78, 5) is 24.8. The highest BCUT2D eigenvalue weighted by atomic mass is 16.5. The molecule has 2 N–H and O–H groups in total. The highest BCUT2D eigenvalue weighted by Crippen LogP contribution is 2.18. The highest BCUT2D eigenvalue weighted by molar-refractivity contribution is 6.04. The first-order valence-corrected chi connectivity index (χ1v) is 10.1. The number of benzene rings is 3. The summed E-state index contributed by atoms with van der Waals surface area (Å²) in [6.45, 7) is 0.952. The molecule has 0 spiro atoms. The number of anilines is 2. The van der Waals surface area contributed by atoms with E-state index in [2.05, 4.69) is 10.6 Å². The summed E-state index contributed by atoms with van der Waals surface area (Å²) in [5.74, 6) is 0.362. The van der Waals surface area contributed by atoms with E-state index in [1.165, 1.54) is 0 Å². The SMILES string of the molecule is COCCOc1ccc(C(=O)Nc2cccc(NC(=O)CCc3ccccc3)c2)cc1. The van der Waals surface area contributed by atoms with Gasteiger partial charge in [-0.15, -0.1) is 0 Å².